The maximum Gasteiger partial charge on any atom is 0.123 e. The number of methoxy groups -OCH3 is 1. The van der Waals surface area contributed by atoms with Crippen LogP contribution in [0.4, 0.5) is 0 Å². The van der Waals surface area contributed by atoms with Crippen LogP contribution in [0.2, 0.25) is 0 Å². The number of hydrogen-bond donors (Lipinski definition) is 2. The van der Waals surface area contributed by atoms with E-state index in [9.17, 15) is 0 Å². The summed E-state index contributed by atoms with van der Waals surface area (Å²) < 4.78 is 6.35. The summed E-state index contributed by atoms with van der Waals surface area (Å²) in [7, 11) is 5.54. The van der Waals surface area contributed by atoms with E-state index < -0.39 is 0 Å². The van der Waals surface area contributed by atoms with E-state index >= 15 is 0 Å². The van der Waals surface area contributed by atoms with Crippen molar-refractivity contribution in [1.29, 1.82) is 0 Å². The molecule has 0 aromatic heterocycles. The first-order valence-electron chi connectivity index (χ1n) is 5.05. The number of rotatable bonds is 5. The molecule has 1 aromatic carbocycles. The van der Waals surface area contributed by atoms with Gasteiger partial charge in [0, 0.05) is 30.7 Å². The van der Waals surface area contributed by atoms with Crippen LogP contribution in [0.3, 0.4) is 0 Å². The lowest BCUT2D eigenvalue weighted by atomic mass is 10.1. The molecule has 5 heteroatoms. The lowest BCUT2D eigenvalue weighted by Crippen LogP contribution is -2.38. The molecular weight excluding hydrogens is 270 g/mol. The van der Waals surface area contributed by atoms with Crippen LogP contribution >= 0.6 is 15.9 Å². The summed E-state index contributed by atoms with van der Waals surface area (Å²) in [5.74, 6) is 0.841. The van der Waals surface area contributed by atoms with Crippen molar-refractivity contribution < 1.29 is 4.74 Å². The molecule has 3 N–H and O–H groups in total. The molecule has 0 aliphatic carbocycles. The molecule has 0 saturated carbocycles. The van der Waals surface area contributed by atoms with Crippen LogP contribution in [-0.4, -0.2) is 32.8 Å². The number of halogens is 1. The minimum Gasteiger partial charge on any atom is -0.496 e. The summed E-state index contributed by atoms with van der Waals surface area (Å²) in [6, 6.07) is 5.94. The Labute approximate surface area is 105 Å². The van der Waals surface area contributed by atoms with Crippen molar-refractivity contribution in [3.8, 4) is 5.75 Å². The van der Waals surface area contributed by atoms with Crippen LogP contribution < -0.4 is 15.9 Å². The Hall–Kier alpha value is -0.620. The molecule has 0 spiro atoms. The van der Waals surface area contributed by atoms with Crippen molar-refractivity contribution in [2.24, 2.45) is 5.73 Å². The number of nitrogens with one attached hydrogen (secondary N) is 1. The van der Waals surface area contributed by atoms with Crippen LogP contribution in [-0.2, 0) is 0 Å². The standard InChI is InChI=1S/C11H18BrN3O/c1-15(2)14-10(7-13)9-6-8(12)4-5-11(9)16-3/h4-6,10,14H,7,13H2,1-3H3. The molecule has 0 amide bonds. The molecule has 16 heavy (non-hydrogen) atoms. The second-order valence-corrected chi connectivity index (χ2v) is 4.61. The summed E-state index contributed by atoms with van der Waals surface area (Å²) in [4.78, 5) is 0. The van der Waals surface area contributed by atoms with Crippen molar-refractivity contribution >= 4 is 15.9 Å². The van der Waals surface area contributed by atoms with Crippen molar-refractivity contribution in [1.82, 2.24) is 10.4 Å². The van der Waals surface area contributed by atoms with E-state index in [0.717, 1.165) is 15.8 Å². The third-order valence-corrected chi connectivity index (χ3v) is 2.71. The zero-order chi connectivity index (χ0) is 12.1. The highest BCUT2D eigenvalue weighted by molar-refractivity contribution is 9.10. The molecule has 0 aliphatic heterocycles. The quantitative estimate of drug-likeness (QED) is 0.807. The molecule has 90 valence electrons. The van der Waals surface area contributed by atoms with Crippen LogP contribution in [0.25, 0.3) is 0 Å². The Morgan fingerprint density at radius 1 is 1.50 bits per heavy atom. The average molecular weight is 288 g/mol. The number of ether oxygens (including phenoxy) is 1. The molecule has 0 saturated heterocycles. The third-order valence-electron chi connectivity index (χ3n) is 2.22. The number of benzene rings is 1. The maximum absolute atomic E-state index is 5.77. The number of nitrogens with zero attached hydrogens (tertiary/aromatic N) is 1. The lowest BCUT2D eigenvalue weighted by molar-refractivity contribution is 0.242. The van der Waals surface area contributed by atoms with Gasteiger partial charge in [0.1, 0.15) is 5.75 Å². The van der Waals surface area contributed by atoms with Gasteiger partial charge < -0.3 is 10.5 Å². The topological polar surface area (TPSA) is 50.5 Å². The summed E-state index contributed by atoms with van der Waals surface area (Å²) in [6.45, 7) is 0.505. The molecule has 1 aromatic rings. The van der Waals surface area contributed by atoms with E-state index in [0.29, 0.717) is 6.54 Å². The van der Waals surface area contributed by atoms with Crippen LogP contribution in [0.15, 0.2) is 22.7 Å². The first-order valence-corrected chi connectivity index (χ1v) is 5.84. The molecule has 1 unspecified atom stereocenters. The highest BCUT2D eigenvalue weighted by atomic mass is 79.9. The highest BCUT2D eigenvalue weighted by Gasteiger charge is 2.15. The minimum atomic E-state index is 0.0439. The van der Waals surface area contributed by atoms with Gasteiger partial charge in [-0.3, -0.25) is 0 Å². The van der Waals surface area contributed by atoms with E-state index in [-0.39, 0.29) is 6.04 Å². The summed E-state index contributed by atoms with van der Waals surface area (Å²) >= 11 is 3.45. The van der Waals surface area contributed by atoms with Gasteiger partial charge in [-0.05, 0) is 18.2 Å². The zero-order valence-electron chi connectivity index (χ0n) is 9.83. The smallest absolute Gasteiger partial charge is 0.123 e. The van der Waals surface area contributed by atoms with E-state index in [1.165, 1.54) is 0 Å². The first-order chi connectivity index (χ1) is 7.58. The average Bonchev–Trinajstić information content (AvgIpc) is 2.25. The Morgan fingerprint density at radius 2 is 2.19 bits per heavy atom. The fourth-order valence-corrected chi connectivity index (χ4v) is 1.92. The van der Waals surface area contributed by atoms with Crippen LogP contribution in [0, 0.1) is 0 Å². The number of nitrogens with two attached hydrogens (primary N) is 1. The second kappa shape index (κ2) is 6.20. The fraction of sp³-hybridized carbons (Fsp3) is 0.455. The molecule has 0 bridgehead atoms. The van der Waals surface area contributed by atoms with Crippen molar-refractivity contribution in [2.45, 2.75) is 6.04 Å². The molecule has 0 aliphatic rings. The van der Waals surface area contributed by atoms with Crippen molar-refractivity contribution in [2.75, 3.05) is 27.7 Å². The van der Waals surface area contributed by atoms with E-state index in [1.807, 2.05) is 37.3 Å². The van der Waals surface area contributed by atoms with E-state index in [4.69, 9.17) is 10.5 Å². The number of hydrogen-bond acceptors (Lipinski definition) is 4. The summed E-state index contributed by atoms with van der Waals surface area (Å²) in [5.41, 5.74) is 10.1. The van der Waals surface area contributed by atoms with E-state index in [1.54, 1.807) is 7.11 Å². The van der Waals surface area contributed by atoms with Gasteiger partial charge in [-0.25, -0.2) is 10.4 Å². The largest absolute Gasteiger partial charge is 0.496 e. The lowest BCUT2D eigenvalue weighted by Gasteiger charge is -2.23. The molecular formula is C11H18BrN3O. The van der Waals surface area contributed by atoms with Gasteiger partial charge in [0.15, 0.2) is 0 Å². The molecule has 1 atom stereocenters. The fourth-order valence-electron chi connectivity index (χ4n) is 1.54. The van der Waals surface area contributed by atoms with Crippen LogP contribution in [0.5, 0.6) is 5.75 Å². The Bertz CT molecular complexity index is 344. The Kier molecular flexibility index (Phi) is 5.21. The first kappa shape index (κ1) is 13.4. The van der Waals surface area contributed by atoms with E-state index in [2.05, 4.69) is 21.4 Å². The normalized spacial score (nSPS) is 12.9. The highest BCUT2D eigenvalue weighted by Crippen LogP contribution is 2.28. The van der Waals surface area contributed by atoms with Crippen molar-refractivity contribution in [3.63, 3.8) is 0 Å². The molecule has 0 fully saturated rings. The second-order valence-electron chi connectivity index (χ2n) is 3.70. The third kappa shape index (κ3) is 3.45. The van der Waals surface area contributed by atoms with Gasteiger partial charge in [0.2, 0.25) is 0 Å². The molecule has 4 nitrogen and oxygen atoms in total. The van der Waals surface area contributed by atoms with Gasteiger partial charge in [-0.1, -0.05) is 15.9 Å². The summed E-state index contributed by atoms with van der Waals surface area (Å²) in [6.07, 6.45) is 0. The minimum absolute atomic E-state index is 0.0439. The molecule has 1 rings (SSSR count). The molecule has 0 radical (unpaired) electrons. The van der Waals surface area contributed by atoms with Gasteiger partial charge in [0.05, 0.1) is 13.2 Å². The number of hydrazine groups is 1. The monoisotopic (exact) mass is 287 g/mol. The maximum atomic E-state index is 5.77. The summed E-state index contributed by atoms with van der Waals surface area (Å²) in [5, 5.41) is 1.89. The SMILES string of the molecule is COc1ccc(Br)cc1C(CN)NN(C)C. The van der Waals surface area contributed by atoms with Gasteiger partial charge in [0.25, 0.3) is 0 Å². The Balaban J connectivity index is 3.02. The predicted octanol–water partition coefficient (Wildman–Crippen LogP) is 1.52. The van der Waals surface area contributed by atoms with Gasteiger partial charge in [-0.15, -0.1) is 0 Å². The van der Waals surface area contributed by atoms with Gasteiger partial charge in [-0.2, -0.15) is 0 Å². The zero-order valence-corrected chi connectivity index (χ0v) is 11.4. The van der Waals surface area contributed by atoms with Crippen LogP contribution in [0.1, 0.15) is 11.6 Å². The predicted molar refractivity (Wildman–Crippen MR) is 69.3 cm³/mol. The Morgan fingerprint density at radius 3 is 2.69 bits per heavy atom. The van der Waals surface area contributed by atoms with Crippen molar-refractivity contribution in [3.05, 3.63) is 28.2 Å². The van der Waals surface area contributed by atoms with Gasteiger partial charge >= 0.3 is 0 Å². The molecule has 0 heterocycles.